The molecule has 1 aromatic heterocycles. The van der Waals surface area contributed by atoms with E-state index in [1.165, 1.54) is 0 Å². The predicted octanol–water partition coefficient (Wildman–Crippen LogP) is 3.78. The van der Waals surface area contributed by atoms with E-state index in [-0.39, 0.29) is 0 Å². The van der Waals surface area contributed by atoms with Crippen LogP contribution in [0.4, 0.5) is 17.3 Å². The van der Waals surface area contributed by atoms with Crippen LogP contribution in [0.1, 0.15) is 6.92 Å². The third-order valence-electron chi connectivity index (χ3n) is 3.42. The van der Waals surface area contributed by atoms with Crippen LogP contribution in [0.2, 0.25) is 0 Å². The molecular weight excluding hydrogens is 326 g/mol. The lowest BCUT2D eigenvalue weighted by Gasteiger charge is -2.18. The number of benzene rings is 1. The van der Waals surface area contributed by atoms with Crippen molar-refractivity contribution in [3.8, 4) is 0 Å². The average molecular weight is 349 g/mol. The molecule has 0 bridgehead atoms. The molecule has 23 heavy (non-hydrogen) atoms. The summed E-state index contributed by atoms with van der Waals surface area (Å²) in [5, 5.41) is 8.60. The number of thioether (sulfide) groups is 1. The van der Waals surface area contributed by atoms with Gasteiger partial charge in [0.15, 0.2) is 0 Å². The maximum atomic E-state index is 5.08. The Kier molecular flexibility index (Phi) is 6.29. The zero-order valence-corrected chi connectivity index (χ0v) is 15.6. The molecule has 122 valence electrons. The highest BCUT2D eigenvalue weighted by molar-refractivity contribution is 8.23. The maximum Gasteiger partial charge on any atom is 0.421 e. The molecule has 0 unspecified atom stereocenters. The van der Waals surface area contributed by atoms with E-state index in [0.717, 1.165) is 33.8 Å². The van der Waals surface area contributed by atoms with Gasteiger partial charge in [0.05, 0.1) is 26.5 Å². The first-order valence-corrected chi connectivity index (χ1v) is 8.74. The van der Waals surface area contributed by atoms with Gasteiger partial charge in [-0.1, -0.05) is 17.3 Å². The van der Waals surface area contributed by atoms with Gasteiger partial charge in [-0.3, -0.25) is 0 Å². The smallest absolute Gasteiger partial charge is 0.374 e. The second kappa shape index (κ2) is 8.21. The van der Waals surface area contributed by atoms with Crippen LogP contribution in [-0.4, -0.2) is 28.1 Å². The summed E-state index contributed by atoms with van der Waals surface area (Å²) in [5.74, 6) is 1.80. The van der Waals surface area contributed by atoms with Crippen molar-refractivity contribution in [3.05, 3.63) is 36.7 Å². The van der Waals surface area contributed by atoms with Crippen molar-refractivity contribution in [1.29, 1.82) is 0 Å². The molecule has 0 radical (unpaired) electrons. The summed E-state index contributed by atoms with van der Waals surface area (Å²) in [5.41, 5.74) is 2.00. The van der Waals surface area contributed by atoms with Gasteiger partial charge in [-0.2, -0.15) is 0 Å². The van der Waals surface area contributed by atoms with Gasteiger partial charge >= 0.3 is 5.95 Å². The largest absolute Gasteiger partial charge is 0.421 e. The molecule has 2 rings (SSSR count). The summed E-state index contributed by atoms with van der Waals surface area (Å²) in [6.45, 7) is 2.92. The third-order valence-corrected chi connectivity index (χ3v) is 4.57. The van der Waals surface area contributed by atoms with Crippen LogP contribution >= 0.6 is 24.0 Å². The molecule has 0 amide bonds. The zero-order chi connectivity index (χ0) is 16.8. The Morgan fingerprint density at radius 2 is 2.00 bits per heavy atom. The van der Waals surface area contributed by atoms with Crippen LogP contribution in [0.3, 0.4) is 0 Å². The fourth-order valence-electron chi connectivity index (χ4n) is 2.05. The third kappa shape index (κ3) is 5.14. The zero-order valence-electron chi connectivity index (χ0n) is 13.9. The Morgan fingerprint density at radius 3 is 2.57 bits per heavy atom. The van der Waals surface area contributed by atoms with Gasteiger partial charge in [0.2, 0.25) is 0 Å². The van der Waals surface area contributed by atoms with Crippen molar-refractivity contribution in [2.24, 2.45) is 24.3 Å². The first-order chi connectivity index (χ1) is 11.0. The summed E-state index contributed by atoms with van der Waals surface area (Å²) < 4.78 is 4.85. The molecule has 0 atom stereocenters. The topological polar surface area (TPSA) is 36.8 Å². The highest BCUT2D eigenvalue weighted by Crippen LogP contribution is 2.21. The average Bonchev–Trinajstić information content (AvgIpc) is 2.84. The fraction of sp³-hybridized carbons (Fsp3) is 0.375. The first-order valence-electron chi connectivity index (χ1n) is 7.34. The van der Waals surface area contributed by atoms with Gasteiger partial charge in [-0.05, 0) is 31.2 Å². The van der Waals surface area contributed by atoms with Crippen LogP contribution < -0.4 is 9.47 Å². The van der Waals surface area contributed by atoms with Crippen LogP contribution in [0, 0.1) is 0 Å². The van der Waals surface area contributed by atoms with Crippen molar-refractivity contribution < 1.29 is 4.57 Å². The van der Waals surface area contributed by atoms with E-state index in [4.69, 9.17) is 12.2 Å². The molecule has 1 heterocycles. The Hall–Kier alpha value is -1.73. The number of hydrogen-bond donors (Lipinski definition) is 0. The van der Waals surface area contributed by atoms with E-state index in [1.807, 2.05) is 54.7 Å². The number of hydrogen-bond acceptors (Lipinski definition) is 5. The Bertz CT molecular complexity index is 671. The Morgan fingerprint density at radius 1 is 1.30 bits per heavy atom. The summed E-state index contributed by atoms with van der Waals surface area (Å²) in [6.07, 6.45) is 3.90. The van der Waals surface area contributed by atoms with Crippen molar-refractivity contribution in [2.75, 3.05) is 24.2 Å². The molecule has 1 aromatic carbocycles. The minimum absolute atomic E-state index is 0.804. The molecule has 2 aromatic rings. The number of aryl methyl sites for hydroxylation is 2. The lowest BCUT2D eigenvalue weighted by Crippen LogP contribution is -2.25. The molecular formula is C16H22N5S2+. The maximum absolute atomic E-state index is 5.08. The van der Waals surface area contributed by atoms with E-state index in [1.54, 1.807) is 11.8 Å². The molecule has 0 spiro atoms. The molecule has 0 aliphatic rings. The minimum atomic E-state index is 0.804. The summed E-state index contributed by atoms with van der Waals surface area (Å²) >= 11 is 6.80. The molecule has 0 aliphatic heterocycles. The molecule has 0 aliphatic carbocycles. The van der Waals surface area contributed by atoms with Crippen molar-refractivity contribution in [1.82, 2.24) is 4.57 Å². The lowest BCUT2D eigenvalue weighted by atomic mass is 10.2. The molecule has 0 N–H and O–H groups in total. The monoisotopic (exact) mass is 348 g/mol. The summed E-state index contributed by atoms with van der Waals surface area (Å²) in [6, 6.07) is 8.09. The molecule has 0 fully saturated rings. The second-order valence-corrected chi connectivity index (χ2v) is 7.48. The first kappa shape index (κ1) is 17.6. The number of aromatic nitrogens is 2. The van der Waals surface area contributed by atoms with E-state index >= 15 is 0 Å². The predicted molar refractivity (Wildman–Crippen MR) is 101 cm³/mol. The van der Waals surface area contributed by atoms with E-state index in [0.29, 0.717) is 0 Å². The fourth-order valence-corrected chi connectivity index (χ4v) is 2.96. The van der Waals surface area contributed by atoms with Gasteiger partial charge in [-0.25, -0.2) is 9.13 Å². The van der Waals surface area contributed by atoms with Crippen LogP contribution in [-0.2, 0) is 14.1 Å². The number of imidazole rings is 1. The Balaban J connectivity index is 1.98. The number of anilines is 1. The highest BCUT2D eigenvalue weighted by Gasteiger charge is 2.10. The summed E-state index contributed by atoms with van der Waals surface area (Å²) in [4.78, 5) is 2.21. The van der Waals surface area contributed by atoms with Crippen molar-refractivity contribution in [3.63, 3.8) is 0 Å². The van der Waals surface area contributed by atoms with Gasteiger partial charge in [-0.15, -0.1) is 11.8 Å². The minimum Gasteiger partial charge on any atom is -0.374 e. The van der Waals surface area contributed by atoms with Crippen molar-refractivity contribution >= 4 is 45.5 Å². The van der Waals surface area contributed by atoms with Gasteiger partial charge in [0, 0.05) is 34.3 Å². The Labute approximate surface area is 147 Å². The SMILES string of the molecule is CC(=S)SCCN(C)c1ccc(/N=N/c2n(C)cc[n+]2C)cc1. The van der Waals surface area contributed by atoms with Gasteiger partial charge < -0.3 is 4.90 Å². The standard InChI is InChI=1S/C16H22N5S2/c1-13(22)23-12-11-19(2)15-7-5-14(6-8-15)17-18-16-20(3)9-10-21(16)4/h5-10H,11-12H2,1-4H3/q+1. The van der Waals surface area contributed by atoms with Crippen LogP contribution in [0.15, 0.2) is 46.9 Å². The number of thiocarbonyl (C=S) groups is 1. The van der Waals surface area contributed by atoms with E-state index in [2.05, 4.69) is 34.3 Å². The molecule has 0 saturated heterocycles. The molecule has 7 heteroatoms. The van der Waals surface area contributed by atoms with Crippen LogP contribution in [0.5, 0.6) is 0 Å². The van der Waals surface area contributed by atoms with E-state index in [9.17, 15) is 0 Å². The normalized spacial score (nSPS) is 11.1. The van der Waals surface area contributed by atoms with Crippen LogP contribution in [0.25, 0.3) is 0 Å². The number of nitrogens with zero attached hydrogens (tertiary/aromatic N) is 5. The van der Waals surface area contributed by atoms with Gasteiger partial charge in [0.25, 0.3) is 0 Å². The highest BCUT2D eigenvalue weighted by atomic mass is 32.2. The quantitative estimate of drug-likeness (QED) is 0.453. The van der Waals surface area contributed by atoms with E-state index < -0.39 is 0 Å². The lowest BCUT2D eigenvalue weighted by molar-refractivity contribution is -0.657. The number of rotatable bonds is 6. The molecule has 5 nitrogen and oxygen atoms in total. The summed E-state index contributed by atoms with van der Waals surface area (Å²) in [7, 11) is 5.98. The second-order valence-electron chi connectivity index (χ2n) is 5.30. The van der Waals surface area contributed by atoms with Crippen molar-refractivity contribution in [2.45, 2.75) is 6.92 Å². The molecule has 0 saturated carbocycles. The number of azo groups is 1. The van der Waals surface area contributed by atoms with Gasteiger partial charge in [0.1, 0.15) is 5.69 Å².